The molecule has 168 valence electrons. The van der Waals surface area contributed by atoms with Crippen LogP contribution in [-0.2, 0) is 14.4 Å². The molecule has 0 spiro atoms. The van der Waals surface area contributed by atoms with E-state index in [0.29, 0.717) is 24.2 Å². The van der Waals surface area contributed by atoms with Crippen molar-refractivity contribution in [3.63, 3.8) is 0 Å². The van der Waals surface area contributed by atoms with Crippen molar-refractivity contribution in [2.24, 2.45) is 0 Å². The van der Waals surface area contributed by atoms with Crippen LogP contribution >= 0.6 is 0 Å². The number of nitrogens with two attached hydrogens (primary N) is 1. The highest BCUT2D eigenvalue weighted by atomic mass is 16.3. The minimum Gasteiger partial charge on any atom is -0.394 e. The van der Waals surface area contributed by atoms with Gasteiger partial charge in [-0.3, -0.25) is 24.8 Å². The molecule has 0 bridgehead atoms. The van der Waals surface area contributed by atoms with Gasteiger partial charge >= 0.3 is 0 Å². The maximum absolute atomic E-state index is 13.0. The average Bonchev–Trinajstić information content (AvgIpc) is 3.28. The number of aliphatic hydroxyl groups excluding tert-OH is 1. The highest BCUT2D eigenvalue weighted by molar-refractivity contribution is 6.43. The first-order chi connectivity index (χ1) is 14.9. The van der Waals surface area contributed by atoms with E-state index in [0.717, 1.165) is 38.5 Å². The van der Waals surface area contributed by atoms with E-state index < -0.39 is 11.6 Å². The Hall–Kier alpha value is -2.81. The average molecular weight is 431 g/mol. The molecule has 2 heterocycles. The molecule has 1 saturated heterocycles. The molecular formula is C22H32N5O4+. The van der Waals surface area contributed by atoms with E-state index in [4.69, 9.17) is 5.41 Å². The number of rotatable bonds is 8. The fraction of sp³-hybridized carbons (Fsp3) is 0.591. The molecule has 1 aliphatic carbocycles. The Balaban J connectivity index is 1.63. The quantitative estimate of drug-likeness (QED) is 0.408. The van der Waals surface area contributed by atoms with Gasteiger partial charge in [0.1, 0.15) is 6.04 Å². The Morgan fingerprint density at radius 1 is 1.26 bits per heavy atom. The Morgan fingerprint density at radius 2 is 2.00 bits per heavy atom. The number of amides is 2. The third-order valence-electron chi connectivity index (χ3n) is 6.30. The standard InChI is InChI=1S/C22H31N5O4/c1-15(29)20(23)16-7-10-24-12-17(16)25-13-19(30)27-11-5-6-18(27)21(31)26-22(14-28)8-3-2-4-9-22/h7,10,12,18,23,25,28H,2-6,8-9,11,13-14H2,1H3,(H,26,31)/p+1/t18-/m0/s1. The fourth-order valence-corrected chi connectivity index (χ4v) is 4.47. The van der Waals surface area contributed by atoms with Crippen LogP contribution in [0.1, 0.15) is 57.4 Å². The van der Waals surface area contributed by atoms with Gasteiger partial charge in [-0.1, -0.05) is 19.3 Å². The lowest BCUT2D eigenvalue weighted by atomic mass is 9.82. The summed E-state index contributed by atoms with van der Waals surface area (Å²) in [5, 5.41) is 21.8. The molecule has 1 aromatic heterocycles. The van der Waals surface area contributed by atoms with Crippen molar-refractivity contribution in [3.05, 3.63) is 24.0 Å². The molecule has 3 rings (SSSR count). The smallest absolute Gasteiger partial charge is 0.249 e. The Labute approximate surface area is 182 Å². The first-order valence-electron chi connectivity index (χ1n) is 10.9. The van der Waals surface area contributed by atoms with Crippen LogP contribution in [0.3, 0.4) is 0 Å². The summed E-state index contributed by atoms with van der Waals surface area (Å²) in [7, 11) is 0. The Kier molecular flexibility index (Phi) is 7.37. The van der Waals surface area contributed by atoms with Crippen molar-refractivity contribution in [3.8, 4) is 0 Å². The largest absolute Gasteiger partial charge is 0.394 e. The molecule has 31 heavy (non-hydrogen) atoms. The van der Waals surface area contributed by atoms with Crippen molar-refractivity contribution >= 4 is 29.0 Å². The second-order valence-electron chi connectivity index (χ2n) is 8.48. The lowest BCUT2D eigenvalue weighted by molar-refractivity contribution is -0.138. The van der Waals surface area contributed by atoms with Crippen LogP contribution < -0.4 is 16.0 Å². The van der Waals surface area contributed by atoms with E-state index in [9.17, 15) is 19.5 Å². The highest BCUT2D eigenvalue weighted by Gasteiger charge is 2.39. The van der Waals surface area contributed by atoms with Gasteiger partial charge in [0.05, 0.1) is 36.1 Å². The van der Waals surface area contributed by atoms with Crippen molar-refractivity contribution in [1.82, 2.24) is 15.2 Å². The molecule has 2 fully saturated rings. The summed E-state index contributed by atoms with van der Waals surface area (Å²) in [5.41, 5.74) is 0.506. The minimum absolute atomic E-state index is 0.0429. The number of carbonyl (C=O) groups is 3. The lowest BCUT2D eigenvalue weighted by Crippen LogP contribution is -2.57. The Morgan fingerprint density at radius 3 is 2.68 bits per heavy atom. The molecule has 1 aliphatic heterocycles. The van der Waals surface area contributed by atoms with Crippen LogP contribution in [0.4, 0.5) is 5.69 Å². The van der Waals surface area contributed by atoms with Gasteiger partial charge in [-0.05, 0) is 31.7 Å². The van der Waals surface area contributed by atoms with E-state index in [1.807, 2.05) is 0 Å². The molecule has 5 N–H and O–H groups in total. The molecular weight excluding hydrogens is 398 g/mol. The number of ketones is 1. The molecule has 1 aromatic rings. The number of aromatic nitrogens is 1. The van der Waals surface area contributed by atoms with Crippen LogP contribution in [0, 0.1) is 0 Å². The number of nitrogens with zero attached hydrogens (tertiary/aromatic N) is 2. The first-order valence-corrected chi connectivity index (χ1v) is 10.9. The maximum Gasteiger partial charge on any atom is 0.249 e. The molecule has 0 aromatic carbocycles. The van der Waals surface area contributed by atoms with Gasteiger partial charge in [-0.2, -0.15) is 0 Å². The zero-order valence-electron chi connectivity index (χ0n) is 18.0. The SMILES string of the molecule is CC(=O)C(=[NH2+])c1ccncc1NCC(=O)N1CCC[C@H]1C(=O)NC1(CO)CCCCC1. The number of carbonyl (C=O) groups excluding carboxylic acids is 3. The van der Waals surface area contributed by atoms with Gasteiger partial charge in [0.25, 0.3) is 0 Å². The topological polar surface area (TPSA) is 137 Å². The fourth-order valence-electron chi connectivity index (χ4n) is 4.47. The van der Waals surface area contributed by atoms with E-state index in [1.54, 1.807) is 11.0 Å². The number of nitrogens with one attached hydrogen (secondary N) is 2. The Bertz CT molecular complexity index is 850. The summed E-state index contributed by atoms with van der Waals surface area (Å²) >= 11 is 0. The van der Waals surface area contributed by atoms with Crippen molar-refractivity contribution in [2.45, 2.75) is 63.5 Å². The molecule has 0 radical (unpaired) electrons. The zero-order chi connectivity index (χ0) is 22.4. The minimum atomic E-state index is -0.574. The van der Waals surface area contributed by atoms with Gasteiger partial charge in [-0.15, -0.1) is 0 Å². The number of aliphatic hydroxyl groups is 1. The number of pyridine rings is 1. The molecule has 0 unspecified atom stereocenters. The summed E-state index contributed by atoms with van der Waals surface area (Å²) in [6.07, 6.45) is 8.98. The number of Topliss-reactive ketones (excluding diaryl/α,β-unsaturated/α-hetero) is 1. The molecule has 9 nitrogen and oxygen atoms in total. The van der Waals surface area contributed by atoms with Crippen LogP contribution in [0.2, 0.25) is 0 Å². The van der Waals surface area contributed by atoms with Gasteiger partial charge < -0.3 is 20.6 Å². The number of anilines is 1. The lowest BCUT2D eigenvalue weighted by Gasteiger charge is -2.38. The van der Waals surface area contributed by atoms with Gasteiger partial charge in [0.2, 0.25) is 23.3 Å². The molecule has 1 atom stereocenters. The van der Waals surface area contributed by atoms with E-state index in [2.05, 4.69) is 15.6 Å². The summed E-state index contributed by atoms with van der Waals surface area (Å²) < 4.78 is 0. The number of likely N-dealkylation sites (tertiary alicyclic amines) is 1. The van der Waals surface area contributed by atoms with Crippen molar-refractivity contribution < 1.29 is 24.9 Å². The van der Waals surface area contributed by atoms with Crippen LogP contribution in [0.15, 0.2) is 18.5 Å². The second kappa shape index (κ2) is 10.00. The van der Waals surface area contributed by atoms with Crippen molar-refractivity contribution in [1.29, 1.82) is 0 Å². The summed E-state index contributed by atoms with van der Waals surface area (Å²) in [4.78, 5) is 43.1. The second-order valence-corrected chi connectivity index (χ2v) is 8.48. The molecule has 9 heteroatoms. The summed E-state index contributed by atoms with van der Waals surface area (Å²) in [6, 6.07) is 1.08. The summed E-state index contributed by atoms with van der Waals surface area (Å²) in [6.45, 7) is 1.76. The van der Waals surface area contributed by atoms with Crippen LogP contribution in [0.25, 0.3) is 0 Å². The third kappa shape index (κ3) is 5.28. The van der Waals surface area contributed by atoms with Crippen molar-refractivity contribution in [2.75, 3.05) is 25.0 Å². The van der Waals surface area contributed by atoms with E-state index in [1.165, 1.54) is 19.3 Å². The van der Waals surface area contributed by atoms with Crippen LogP contribution in [0.5, 0.6) is 0 Å². The predicted octanol–water partition coefficient (Wildman–Crippen LogP) is -0.567. The number of hydrogen-bond donors (Lipinski definition) is 4. The predicted molar refractivity (Wildman–Crippen MR) is 115 cm³/mol. The maximum atomic E-state index is 13.0. The molecule has 2 aliphatic rings. The normalized spacial score (nSPS) is 20.2. The zero-order valence-corrected chi connectivity index (χ0v) is 18.0. The van der Waals surface area contributed by atoms with Gasteiger partial charge in [0, 0.05) is 19.7 Å². The van der Waals surface area contributed by atoms with E-state index >= 15 is 0 Å². The monoisotopic (exact) mass is 430 g/mol. The van der Waals surface area contributed by atoms with Crippen LogP contribution in [-0.4, -0.2) is 69.6 Å². The molecule has 2 amide bonds. The van der Waals surface area contributed by atoms with E-state index in [-0.39, 0.29) is 36.5 Å². The van der Waals surface area contributed by atoms with Gasteiger partial charge in [-0.25, -0.2) is 0 Å². The number of hydrogen-bond acceptors (Lipinski definition) is 6. The summed E-state index contributed by atoms with van der Waals surface area (Å²) in [5.74, 6) is -0.675. The third-order valence-corrected chi connectivity index (χ3v) is 6.30. The van der Waals surface area contributed by atoms with Gasteiger partial charge in [0.15, 0.2) is 0 Å². The molecule has 1 saturated carbocycles. The first kappa shape index (κ1) is 22.9. The highest BCUT2D eigenvalue weighted by Crippen LogP contribution is 2.29.